The molecule has 2 aromatic carbocycles. The first-order valence-electron chi connectivity index (χ1n) is 6.78. The molecule has 1 aliphatic rings. The third-order valence-corrected chi connectivity index (χ3v) is 4.04. The van der Waals surface area contributed by atoms with Gasteiger partial charge in [-0.05, 0) is 35.9 Å². The maximum atomic E-state index is 12.6. The molecule has 2 heterocycles. The zero-order chi connectivity index (χ0) is 14.4. The van der Waals surface area contributed by atoms with Gasteiger partial charge >= 0.3 is 0 Å². The number of rotatable bonds is 2. The minimum atomic E-state index is -0.265. The van der Waals surface area contributed by atoms with Crippen molar-refractivity contribution in [2.75, 3.05) is 5.32 Å². The Morgan fingerprint density at radius 2 is 2.05 bits per heavy atom. The largest absolute Gasteiger partial charge is 0.453 e. The summed E-state index contributed by atoms with van der Waals surface area (Å²) in [5.41, 5.74) is 2.86. The Morgan fingerprint density at radius 1 is 1.19 bits per heavy atom. The predicted molar refractivity (Wildman–Crippen MR) is 83.1 cm³/mol. The quantitative estimate of drug-likeness (QED) is 0.717. The fourth-order valence-electron chi connectivity index (χ4n) is 2.76. The summed E-state index contributed by atoms with van der Waals surface area (Å²) in [6.07, 6.45) is 0.687. The summed E-state index contributed by atoms with van der Waals surface area (Å²) in [7, 11) is 0. The third kappa shape index (κ3) is 2.10. The second kappa shape index (κ2) is 4.64. The molecule has 0 saturated heterocycles. The van der Waals surface area contributed by atoms with Gasteiger partial charge in [0, 0.05) is 22.5 Å². The Bertz CT molecular complexity index is 828. The number of hydrogen-bond donors (Lipinski definition) is 1. The number of benzene rings is 2. The van der Waals surface area contributed by atoms with E-state index in [1.807, 2.05) is 24.3 Å². The van der Waals surface area contributed by atoms with Gasteiger partial charge in [-0.2, -0.15) is 0 Å². The van der Waals surface area contributed by atoms with Gasteiger partial charge in [-0.15, -0.1) is 0 Å². The topological polar surface area (TPSA) is 42.2 Å². The van der Waals surface area contributed by atoms with E-state index < -0.39 is 0 Å². The molecule has 104 valence electrons. The molecular formula is C17H12ClNO2. The average molecular weight is 298 g/mol. The van der Waals surface area contributed by atoms with E-state index in [0.29, 0.717) is 22.8 Å². The van der Waals surface area contributed by atoms with Crippen LogP contribution in [-0.4, -0.2) is 11.8 Å². The maximum absolute atomic E-state index is 12.6. The predicted octanol–water partition coefficient (Wildman–Crippen LogP) is 4.31. The van der Waals surface area contributed by atoms with Crippen molar-refractivity contribution in [3.63, 3.8) is 0 Å². The molecule has 1 atom stereocenters. The zero-order valence-electron chi connectivity index (χ0n) is 11.1. The molecule has 21 heavy (non-hydrogen) atoms. The van der Waals surface area contributed by atoms with Gasteiger partial charge in [0.05, 0.1) is 6.04 Å². The van der Waals surface area contributed by atoms with E-state index in [0.717, 1.165) is 16.6 Å². The molecule has 4 rings (SSSR count). The van der Waals surface area contributed by atoms with Crippen LogP contribution in [0.3, 0.4) is 0 Å². The van der Waals surface area contributed by atoms with Gasteiger partial charge in [0.15, 0.2) is 5.76 Å². The number of Topliss-reactive ketones (excluding diaryl/α,β-unsaturated/α-hetero) is 1. The van der Waals surface area contributed by atoms with Gasteiger partial charge in [0.25, 0.3) is 0 Å². The highest BCUT2D eigenvalue weighted by molar-refractivity contribution is 6.31. The monoisotopic (exact) mass is 297 g/mol. The van der Waals surface area contributed by atoms with Crippen molar-refractivity contribution in [3.05, 3.63) is 64.9 Å². The van der Waals surface area contributed by atoms with Crippen molar-refractivity contribution < 1.29 is 9.21 Å². The fraction of sp³-hybridized carbons (Fsp3) is 0.118. The Labute approximate surface area is 126 Å². The normalized spacial score (nSPS) is 16.7. The van der Waals surface area contributed by atoms with Gasteiger partial charge < -0.3 is 9.73 Å². The van der Waals surface area contributed by atoms with E-state index >= 15 is 0 Å². The molecule has 1 N–H and O–H groups in total. The molecule has 0 fully saturated rings. The van der Waals surface area contributed by atoms with Crippen molar-refractivity contribution in [3.8, 4) is 0 Å². The van der Waals surface area contributed by atoms with Gasteiger partial charge in [-0.25, -0.2) is 0 Å². The number of anilines is 1. The lowest BCUT2D eigenvalue weighted by Crippen LogP contribution is -2.26. The van der Waals surface area contributed by atoms with Crippen molar-refractivity contribution in [2.24, 2.45) is 0 Å². The van der Waals surface area contributed by atoms with Crippen LogP contribution in [0, 0.1) is 0 Å². The fourth-order valence-corrected chi connectivity index (χ4v) is 2.94. The second-order valence-electron chi connectivity index (χ2n) is 5.22. The molecular weight excluding hydrogens is 286 g/mol. The summed E-state index contributed by atoms with van der Waals surface area (Å²) in [5.74, 6) is 0.344. The van der Waals surface area contributed by atoms with Crippen LogP contribution in [0.5, 0.6) is 0 Å². The molecule has 1 aliphatic heterocycles. The third-order valence-electron chi connectivity index (χ3n) is 3.81. The van der Waals surface area contributed by atoms with Crippen molar-refractivity contribution >= 4 is 34.0 Å². The maximum Gasteiger partial charge on any atom is 0.220 e. The van der Waals surface area contributed by atoms with Gasteiger partial charge in [0.1, 0.15) is 5.58 Å². The number of furan rings is 1. The van der Waals surface area contributed by atoms with Crippen molar-refractivity contribution in [1.29, 1.82) is 0 Å². The second-order valence-corrected chi connectivity index (χ2v) is 5.65. The standard InChI is InChI=1S/C17H12ClNO2/c18-12-5-6-15-11(7-12)9-16(21-15)17(20)14-8-10-3-1-2-4-13(10)19-14/h1-7,9,14,19H,8H2. The number of carbonyl (C=O) groups is 1. The average Bonchev–Trinajstić information content (AvgIpc) is 3.09. The Kier molecular flexibility index (Phi) is 2.76. The lowest BCUT2D eigenvalue weighted by Gasteiger charge is -2.07. The molecule has 0 aliphatic carbocycles. The van der Waals surface area contributed by atoms with E-state index in [4.69, 9.17) is 16.0 Å². The smallest absolute Gasteiger partial charge is 0.220 e. The number of fused-ring (bicyclic) bond motifs is 2. The summed E-state index contributed by atoms with van der Waals surface area (Å²) in [6, 6.07) is 14.8. The minimum absolute atomic E-state index is 0.0291. The Balaban J connectivity index is 1.65. The lowest BCUT2D eigenvalue weighted by molar-refractivity contribution is 0.0947. The Hall–Kier alpha value is -2.26. The van der Waals surface area contributed by atoms with Crippen molar-refractivity contribution in [1.82, 2.24) is 0 Å². The van der Waals surface area contributed by atoms with Gasteiger partial charge in [0.2, 0.25) is 5.78 Å². The number of carbonyl (C=O) groups excluding carboxylic acids is 1. The van der Waals surface area contributed by atoms with Gasteiger partial charge in [-0.3, -0.25) is 4.79 Å². The van der Waals surface area contributed by atoms with Crippen LogP contribution in [0.4, 0.5) is 5.69 Å². The van der Waals surface area contributed by atoms with Crippen LogP contribution in [0.1, 0.15) is 16.1 Å². The molecule has 0 amide bonds. The van der Waals surface area contributed by atoms with Crippen LogP contribution >= 0.6 is 11.6 Å². The molecule has 3 nitrogen and oxygen atoms in total. The van der Waals surface area contributed by atoms with E-state index in [2.05, 4.69) is 5.32 Å². The summed E-state index contributed by atoms with van der Waals surface area (Å²) in [6.45, 7) is 0. The van der Waals surface area contributed by atoms with E-state index in [1.54, 1.807) is 24.3 Å². The molecule has 1 aromatic heterocycles. The highest BCUT2D eigenvalue weighted by Crippen LogP contribution is 2.29. The molecule has 0 saturated carbocycles. The Morgan fingerprint density at radius 3 is 2.90 bits per heavy atom. The zero-order valence-corrected chi connectivity index (χ0v) is 11.9. The first-order valence-corrected chi connectivity index (χ1v) is 7.16. The van der Waals surface area contributed by atoms with E-state index in [1.165, 1.54) is 0 Å². The molecule has 3 aromatic rings. The molecule has 1 unspecified atom stereocenters. The van der Waals surface area contributed by atoms with Crippen molar-refractivity contribution in [2.45, 2.75) is 12.5 Å². The van der Waals surface area contributed by atoms with E-state index in [9.17, 15) is 4.79 Å². The summed E-state index contributed by atoms with van der Waals surface area (Å²) in [5, 5.41) is 4.73. The van der Waals surface area contributed by atoms with Crippen LogP contribution in [-0.2, 0) is 6.42 Å². The molecule has 0 radical (unpaired) electrons. The van der Waals surface area contributed by atoms with Crippen LogP contribution in [0.2, 0.25) is 5.02 Å². The first kappa shape index (κ1) is 12.5. The van der Waals surface area contributed by atoms with E-state index in [-0.39, 0.29) is 11.8 Å². The number of para-hydroxylation sites is 1. The molecule has 4 heteroatoms. The minimum Gasteiger partial charge on any atom is -0.453 e. The summed E-state index contributed by atoms with van der Waals surface area (Å²) in [4.78, 5) is 12.6. The number of halogens is 1. The number of nitrogens with one attached hydrogen (secondary N) is 1. The molecule has 0 bridgehead atoms. The van der Waals surface area contributed by atoms with Crippen LogP contribution in [0.25, 0.3) is 11.0 Å². The lowest BCUT2D eigenvalue weighted by atomic mass is 10.1. The number of ketones is 1. The highest BCUT2D eigenvalue weighted by Gasteiger charge is 2.29. The SMILES string of the molecule is O=C(c1cc2cc(Cl)ccc2o1)C1Cc2ccccc2N1. The first-order chi connectivity index (χ1) is 10.2. The molecule has 0 spiro atoms. The van der Waals surface area contributed by atoms with Crippen LogP contribution < -0.4 is 5.32 Å². The number of hydrogen-bond acceptors (Lipinski definition) is 3. The summed E-state index contributed by atoms with van der Waals surface area (Å²) >= 11 is 5.96. The van der Waals surface area contributed by atoms with Crippen LogP contribution in [0.15, 0.2) is 52.9 Å². The summed E-state index contributed by atoms with van der Waals surface area (Å²) < 4.78 is 5.65. The van der Waals surface area contributed by atoms with Gasteiger partial charge in [-0.1, -0.05) is 29.8 Å². The highest BCUT2D eigenvalue weighted by atomic mass is 35.5.